The third-order valence-electron chi connectivity index (χ3n) is 7.61. The summed E-state index contributed by atoms with van der Waals surface area (Å²) in [6.07, 6.45) is 2.50. The standard InChI is InChI=1S/C31H38N2O3/c1-4-31(30(34)36-3,26-11-6-5-7-12-26)19-10-20-32-21-23-33(24-22-32)27-17-15-25(16-18-27)28-13-8-9-14-29(28)35-2/h5-9,11-18H,4,10,19-24H2,1-3H3. The van der Waals surface area contributed by atoms with Gasteiger partial charge in [0, 0.05) is 37.4 Å². The van der Waals surface area contributed by atoms with Gasteiger partial charge in [-0.1, -0.05) is 67.6 Å². The van der Waals surface area contributed by atoms with Crippen molar-refractivity contribution in [3.63, 3.8) is 0 Å². The van der Waals surface area contributed by atoms with Gasteiger partial charge in [0.25, 0.3) is 0 Å². The van der Waals surface area contributed by atoms with E-state index in [2.05, 4.69) is 59.2 Å². The molecule has 0 bridgehead atoms. The number of benzene rings is 3. The van der Waals surface area contributed by atoms with Crippen molar-refractivity contribution in [3.8, 4) is 16.9 Å². The Kier molecular flexibility index (Phi) is 8.65. The molecule has 0 N–H and O–H groups in total. The van der Waals surface area contributed by atoms with Crippen molar-refractivity contribution in [1.29, 1.82) is 0 Å². The number of esters is 1. The van der Waals surface area contributed by atoms with Gasteiger partial charge in [0.2, 0.25) is 0 Å². The van der Waals surface area contributed by atoms with Crippen LogP contribution in [0.4, 0.5) is 5.69 Å². The van der Waals surface area contributed by atoms with Crippen LogP contribution in [-0.2, 0) is 14.9 Å². The lowest BCUT2D eigenvalue weighted by molar-refractivity contribution is -0.148. The first-order valence-electron chi connectivity index (χ1n) is 13.0. The van der Waals surface area contributed by atoms with Crippen molar-refractivity contribution < 1.29 is 14.3 Å². The highest BCUT2D eigenvalue weighted by Gasteiger charge is 2.39. The quantitative estimate of drug-likeness (QED) is 0.340. The molecule has 36 heavy (non-hydrogen) atoms. The Morgan fingerprint density at radius 1 is 0.861 bits per heavy atom. The highest BCUT2D eigenvalue weighted by Crippen LogP contribution is 2.35. The normalized spacial score (nSPS) is 15.8. The zero-order chi connectivity index (χ0) is 25.4. The Labute approximate surface area is 215 Å². The Bertz CT molecular complexity index is 1110. The molecule has 5 nitrogen and oxygen atoms in total. The van der Waals surface area contributed by atoms with E-state index in [4.69, 9.17) is 9.47 Å². The molecule has 0 radical (unpaired) electrons. The van der Waals surface area contributed by atoms with Crippen molar-refractivity contribution in [2.75, 3.05) is 51.8 Å². The van der Waals surface area contributed by atoms with E-state index in [1.807, 2.05) is 36.4 Å². The molecular weight excluding hydrogens is 448 g/mol. The zero-order valence-electron chi connectivity index (χ0n) is 21.8. The maximum absolute atomic E-state index is 12.8. The minimum atomic E-state index is -0.568. The molecule has 5 heteroatoms. The van der Waals surface area contributed by atoms with Gasteiger partial charge in [0.15, 0.2) is 0 Å². The smallest absolute Gasteiger partial charge is 0.316 e. The van der Waals surface area contributed by atoms with E-state index in [-0.39, 0.29) is 5.97 Å². The van der Waals surface area contributed by atoms with Gasteiger partial charge in [-0.3, -0.25) is 9.69 Å². The number of hydrogen-bond donors (Lipinski definition) is 0. The van der Waals surface area contributed by atoms with Gasteiger partial charge in [0.1, 0.15) is 5.75 Å². The maximum atomic E-state index is 12.8. The predicted octanol–water partition coefficient (Wildman–Crippen LogP) is 5.79. The number of piperazine rings is 1. The molecule has 0 saturated carbocycles. The van der Waals surface area contributed by atoms with Crippen molar-refractivity contribution >= 4 is 11.7 Å². The van der Waals surface area contributed by atoms with Gasteiger partial charge in [-0.15, -0.1) is 0 Å². The fourth-order valence-corrected chi connectivity index (χ4v) is 5.41. The summed E-state index contributed by atoms with van der Waals surface area (Å²) in [5, 5.41) is 0. The minimum absolute atomic E-state index is 0.127. The van der Waals surface area contributed by atoms with E-state index in [9.17, 15) is 4.79 Å². The summed E-state index contributed by atoms with van der Waals surface area (Å²) in [6.45, 7) is 7.13. The molecule has 1 saturated heterocycles. The maximum Gasteiger partial charge on any atom is 0.316 e. The molecule has 4 rings (SSSR count). The molecule has 1 unspecified atom stereocenters. The second kappa shape index (κ2) is 12.1. The number of para-hydroxylation sites is 1. The van der Waals surface area contributed by atoms with Gasteiger partial charge in [-0.2, -0.15) is 0 Å². The van der Waals surface area contributed by atoms with E-state index >= 15 is 0 Å². The highest BCUT2D eigenvalue weighted by molar-refractivity contribution is 5.83. The third kappa shape index (κ3) is 5.57. The molecule has 0 spiro atoms. The second-order valence-corrected chi connectivity index (χ2v) is 9.47. The molecule has 3 aromatic rings. The molecule has 0 amide bonds. The van der Waals surface area contributed by atoms with Gasteiger partial charge >= 0.3 is 5.97 Å². The summed E-state index contributed by atoms with van der Waals surface area (Å²) in [5.41, 5.74) is 4.02. The molecule has 3 aromatic carbocycles. The monoisotopic (exact) mass is 486 g/mol. The van der Waals surface area contributed by atoms with Crippen LogP contribution >= 0.6 is 0 Å². The number of anilines is 1. The SMILES string of the molecule is CCC(CCCN1CCN(c2ccc(-c3ccccc3OC)cc2)CC1)(C(=O)OC)c1ccccc1. The summed E-state index contributed by atoms with van der Waals surface area (Å²) in [7, 11) is 3.21. The number of hydrogen-bond acceptors (Lipinski definition) is 5. The molecule has 190 valence electrons. The van der Waals surface area contributed by atoms with E-state index in [0.29, 0.717) is 0 Å². The first-order valence-corrected chi connectivity index (χ1v) is 13.0. The van der Waals surface area contributed by atoms with E-state index in [0.717, 1.165) is 68.9 Å². The van der Waals surface area contributed by atoms with Crippen LogP contribution in [0.3, 0.4) is 0 Å². The number of rotatable bonds is 10. The van der Waals surface area contributed by atoms with E-state index in [1.54, 1.807) is 7.11 Å². The lowest BCUT2D eigenvalue weighted by Crippen LogP contribution is -2.47. The molecule has 1 atom stereocenters. The summed E-state index contributed by atoms with van der Waals surface area (Å²) < 4.78 is 10.8. The van der Waals surface area contributed by atoms with E-state index in [1.165, 1.54) is 18.4 Å². The largest absolute Gasteiger partial charge is 0.496 e. The third-order valence-corrected chi connectivity index (χ3v) is 7.61. The lowest BCUT2D eigenvalue weighted by atomic mass is 9.74. The number of carbonyl (C=O) groups is 1. The van der Waals surface area contributed by atoms with Crippen molar-refractivity contribution in [2.24, 2.45) is 0 Å². The van der Waals surface area contributed by atoms with Crippen LogP contribution in [0.2, 0.25) is 0 Å². The molecule has 0 aromatic heterocycles. The lowest BCUT2D eigenvalue weighted by Gasteiger charge is -2.37. The van der Waals surface area contributed by atoms with Gasteiger partial charge < -0.3 is 14.4 Å². The number of carbonyl (C=O) groups excluding carboxylic acids is 1. The van der Waals surface area contributed by atoms with Crippen molar-refractivity contribution in [3.05, 3.63) is 84.4 Å². The van der Waals surface area contributed by atoms with Crippen molar-refractivity contribution in [2.45, 2.75) is 31.6 Å². The molecule has 0 aliphatic carbocycles. The summed E-state index contributed by atoms with van der Waals surface area (Å²) >= 11 is 0. The average molecular weight is 487 g/mol. The van der Waals surface area contributed by atoms with Gasteiger partial charge in [-0.05, 0) is 55.1 Å². The number of nitrogens with zero attached hydrogens (tertiary/aromatic N) is 2. The predicted molar refractivity (Wildman–Crippen MR) is 147 cm³/mol. The summed E-state index contributed by atoms with van der Waals surface area (Å²) in [5.74, 6) is 0.767. The Balaban J connectivity index is 1.32. The fraction of sp³-hybridized carbons (Fsp3) is 0.387. The van der Waals surface area contributed by atoms with Crippen LogP contribution in [0, 0.1) is 0 Å². The molecule has 1 aliphatic rings. The first-order chi connectivity index (χ1) is 17.6. The van der Waals surface area contributed by atoms with Gasteiger partial charge in [0.05, 0.1) is 19.6 Å². The van der Waals surface area contributed by atoms with Crippen LogP contribution in [0.25, 0.3) is 11.1 Å². The summed E-state index contributed by atoms with van der Waals surface area (Å²) in [6, 6.07) is 27.0. The molecule has 1 fully saturated rings. The second-order valence-electron chi connectivity index (χ2n) is 9.47. The molecule has 1 aliphatic heterocycles. The van der Waals surface area contributed by atoms with E-state index < -0.39 is 5.41 Å². The average Bonchev–Trinajstić information content (AvgIpc) is 2.96. The van der Waals surface area contributed by atoms with Crippen LogP contribution in [0.1, 0.15) is 31.7 Å². The molecular formula is C31H38N2O3. The Morgan fingerprint density at radius 3 is 2.17 bits per heavy atom. The number of ether oxygens (including phenoxy) is 2. The van der Waals surface area contributed by atoms with Crippen molar-refractivity contribution in [1.82, 2.24) is 4.90 Å². The Hall–Kier alpha value is -3.31. The first kappa shape index (κ1) is 25.8. The van der Waals surface area contributed by atoms with Crippen LogP contribution in [0.5, 0.6) is 5.75 Å². The van der Waals surface area contributed by atoms with Crippen LogP contribution < -0.4 is 9.64 Å². The highest BCUT2D eigenvalue weighted by atomic mass is 16.5. The Morgan fingerprint density at radius 2 is 1.53 bits per heavy atom. The minimum Gasteiger partial charge on any atom is -0.496 e. The van der Waals surface area contributed by atoms with Crippen LogP contribution in [-0.4, -0.2) is 57.8 Å². The summed E-state index contributed by atoms with van der Waals surface area (Å²) in [4.78, 5) is 17.8. The fourth-order valence-electron chi connectivity index (χ4n) is 5.41. The zero-order valence-corrected chi connectivity index (χ0v) is 21.8. The number of methoxy groups -OCH3 is 2. The molecule has 1 heterocycles. The topological polar surface area (TPSA) is 42.0 Å². The van der Waals surface area contributed by atoms with Gasteiger partial charge in [-0.25, -0.2) is 0 Å². The van der Waals surface area contributed by atoms with Crippen LogP contribution in [0.15, 0.2) is 78.9 Å².